The Labute approximate surface area is 120 Å². The molecule has 1 aliphatic heterocycles. The summed E-state index contributed by atoms with van der Waals surface area (Å²) in [6.45, 7) is 0.835. The van der Waals surface area contributed by atoms with E-state index in [9.17, 15) is 14.0 Å². The zero-order chi connectivity index (χ0) is 15.0. The predicted molar refractivity (Wildman–Crippen MR) is 74.3 cm³/mol. The lowest BCUT2D eigenvalue weighted by atomic mass is 10.1. The lowest BCUT2D eigenvalue weighted by Crippen LogP contribution is -2.38. The SMILES string of the molecule is Cn1nc2c(cc1=O)CN(C(=O)c1cccc(F)c1)CC2. The third-order valence-corrected chi connectivity index (χ3v) is 3.60. The molecule has 0 aliphatic carbocycles. The summed E-state index contributed by atoms with van der Waals surface area (Å²) in [5.41, 5.74) is 1.71. The highest BCUT2D eigenvalue weighted by Gasteiger charge is 2.23. The highest BCUT2D eigenvalue weighted by atomic mass is 19.1. The van der Waals surface area contributed by atoms with Gasteiger partial charge in [0.2, 0.25) is 0 Å². The van der Waals surface area contributed by atoms with Crippen molar-refractivity contribution >= 4 is 5.91 Å². The first-order valence-corrected chi connectivity index (χ1v) is 6.65. The van der Waals surface area contributed by atoms with Crippen molar-refractivity contribution in [2.75, 3.05) is 6.54 Å². The van der Waals surface area contributed by atoms with Gasteiger partial charge in [-0.2, -0.15) is 5.10 Å². The van der Waals surface area contributed by atoms with E-state index in [1.165, 1.54) is 28.9 Å². The fraction of sp³-hybridized carbons (Fsp3) is 0.267. The molecule has 2 heterocycles. The molecule has 0 bridgehead atoms. The van der Waals surface area contributed by atoms with E-state index in [-0.39, 0.29) is 11.5 Å². The maximum Gasteiger partial charge on any atom is 0.266 e. The van der Waals surface area contributed by atoms with Crippen LogP contribution in [-0.4, -0.2) is 27.1 Å². The summed E-state index contributed by atoms with van der Waals surface area (Å²) >= 11 is 0. The van der Waals surface area contributed by atoms with E-state index < -0.39 is 5.82 Å². The summed E-state index contributed by atoms with van der Waals surface area (Å²) in [6.07, 6.45) is 0.588. The number of benzene rings is 1. The molecule has 0 atom stereocenters. The monoisotopic (exact) mass is 287 g/mol. The van der Waals surface area contributed by atoms with Crippen LogP contribution in [0.1, 0.15) is 21.6 Å². The van der Waals surface area contributed by atoms with Crippen molar-refractivity contribution in [2.45, 2.75) is 13.0 Å². The first-order chi connectivity index (χ1) is 10.0. The fourth-order valence-electron chi connectivity index (χ4n) is 2.47. The van der Waals surface area contributed by atoms with Crippen molar-refractivity contribution < 1.29 is 9.18 Å². The van der Waals surface area contributed by atoms with Gasteiger partial charge < -0.3 is 4.90 Å². The predicted octanol–water partition coefficient (Wildman–Crippen LogP) is 1.12. The van der Waals surface area contributed by atoms with Crippen LogP contribution in [0.15, 0.2) is 35.1 Å². The Morgan fingerprint density at radius 1 is 1.33 bits per heavy atom. The summed E-state index contributed by atoms with van der Waals surface area (Å²) in [4.78, 5) is 25.6. The molecule has 0 N–H and O–H groups in total. The van der Waals surface area contributed by atoms with Gasteiger partial charge in [-0.05, 0) is 18.2 Å². The third kappa shape index (κ3) is 2.56. The lowest BCUT2D eigenvalue weighted by molar-refractivity contribution is 0.0732. The molecule has 2 aromatic rings. The molecule has 1 amide bonds. The second kappa shape index (κ2) is 5.12. The largest absolute Gasteiger partial charge is 0.334 e. The minimum atomic E-state index is -0.436. The number of aromatic nitrogens is 2. The highest BCUT2D eigenvalue weighted by molar-refractivity contribution is 5.94. The molecule has 0 fully saturated rings. The molecule has 0 radical (unpaired) electrons. The summed E-state index contributed by atoms with van der Waals surface area (Å²) in [7, 11) is 1.60. The summed E-state index contributed by atoms with van der Waals surface area (Å²) < 4.78 is 14.5. The zero-order valence-electron chi connectivity index (χ0n) is 11.5. The third-order valence-electron chi connectivity index (χ3n) is 3.60. The van der Waals surface area contributed by atoms with Crippen molar-refractivity contribution in [3.8, 4) is 0 Å². The zero-order valence-corrected chi connectivity index (χ0v) is 11.5. The molecule has 108 valence electrons. The molecule has 6 heteroatoms. The van der Waals surface area contributed by atoms with Crippen LogP contribution in [0.5, 0.6) is 0 Å². The van der Waals surface area contributed by atoms with Gasteiger partial charge in [-0.3, -0.25) is 9.59 Å². The van der Waals surface area contributed by atoms with Gasteiger partial charge in [0.25, 0.3) is 11.5 Å². The van der Waals surface area contributed by atoms with Crippen LogP contribution in [0.4, 0.5) is 4.39 Å². The molecule has 0 saturated heterocycles. The Bertz CT molecular complexity index is 770. The van der Waals surface area contributed by atoms with E-state index in [1.54, 1.807) is 18.0 Å². The second-order valence-corrected chi connectivity index (χ2v) is 5.07. The number of rotatable bonds is 1. The van der Waals surface area contributed by atoms with Crippen LogP contribution in [0.2, 0.25) is 0 Å². The molecule has 21 heavy (non-hydrogen) atoms. The minimum absolute atomic E-state index is 0.200. The van der Waals surface area contributed by atoms with Crippen molar-refractivity contribution in [1.29, 1.82) is 0 Å². The first kappa shape index (κ1) is 13.5. The van der Waals surface area contributed by atoms with E-state index >= 15 is 0 Å². The quantitative estimate of drug-likeness (QED) is 0.789. The van der Waals surface area contributed by atoms with Gasteiger partial charge in [-0.15, -0.1) is 0 Å². The molecule has 1 aromatic carbocycles. The topological polar surface area (TPSA) is 55.2 Å². The Morgan fingerprint density at radius 2 is 2.14 bits per heavy atom. The van der Waals surface area contributed by atoms with Crippen LogP contribution >= 0.6 is 0 Å². The summed E-state index contributed by atoms with van der Waals surface area (Å²) in [5, 5.41) is 4.20. The van der Waals surface area contributed by atoms with Crippen LogP contribution in [0, 0.1) is 5.82 Å². The van der Waals surface area contributed by atoms with Crippen LogP contribution in [-0.2, 0) is 20.0 Å². The van der Waals surface area contributed by atoms with Gasteiger partial charge in [0.05, 0.1) is 5.69 Å². The molecular formula is C15H14FN3O2. The molecule has 0 saturated carbocycles. The molecular weight excluding hydrogens is 273 g/mol. The molecule has 3 rings (SSSR count). The summed E-state index contributed by atoms with van der Waals surface area (Å²) in [6, 6.07) is 7.13. The average molecular weight is 287 g/mol. The molecule has 1 aliphatic rings. The smallest absolute Gasteiger partial charge is 0.266 e. The van der Waals surface area contributed by atoms with Gasteiger partial charge in [0, 0.05) is 43.8 Å². The standard InChI is InChI=1S/C15H14FN3O2/c1-18-14(20)8-11-9-19(6-5-13(11)17-18)15(21)10-3-2-4-12(16)7-10/h2-4,7-8H,5-6,9H2,1H3. The van der Waals surface area contributed by atoms with Crippen molar-refractivity contribution in [3.63, 3.8) is 0 Å². The van der Waals surface area contributed by atoms with Gasteiger partial charge in [0.1, 0.15) is 5.82 Å². The average Bonchev–Trinajstić information content (AvgIpc) is 2.47. The van der Waals surface area contributed by atoms with Gasteiger partial charge in [-0.25, -0.2) is 9.07 Å². The number of hydrogen-bond donors (Lipinski definition) is 0. The van der Waals surface area contributed by atoms with Crippen molar-refractivity contribution in [3.05, 3.63) is 63.3 Å². The lowest BCUT2D eigenvalue weighted by Gasteiger charge is -2.28. The van der Waals surface area contributed by atoms with Crippen molar-refractivity contribution in [1.82, 2.24) is 14.7 Å². The normalized spacial score (nSPS) is 13.9. The van der Waals surface area contributed by atoms with E-state index in [4.69, 9.17) is 0 Å². The van der Waals surface area contributed by atoms with Crippen LogP contribution in [0.25, 0.3) is 0 Å². The molecule has 1 aromatic heterocycles. The highest BCUT2D eigenvalue weighted by Crippen LogP contribution is 2.17. The number of nitrogens with zero attached hydrogens (tertiary/aromatic N) is 3. The van der Waals surface area contributed by atoms with Crippen LogP contribution < -0.4 is 5.56 Å². The number of hydrogen-bond acceptors (Lipinski definition) is 3. The van der Waals surface area contributed by atoms with E-state index in [0.29, 0.717) is 25.1 Å². The summed E-state index contributed by atoms with van der Waals surface area (Å²) in [5.74, 6) is -0.672. The Morgan fingerprint density at radius 3 is 2.90 bits per heavy atom. The second-order valence-electron chi connectivity index (χ2n) is 5.07. The van der Waals surface area contributed by atoms with E-state index in [0.717, 1.165) is 11.3 Å². The van der Waals surface area contributed by atoms with Gasteiger partial charge in [-0.1, -0.05) is 6.07 Å². The number of halogens is 1. The fourth-order valence-corrected chi connectivity index (χ4v) is 2.47. The Balaban J connectivity index is 1.87. The number of amides is 1. The minimum Gasteiger partial charge on any atom is -0.334 e. The van der Waals surface area contributed by atoms with Gasteiger partial charge >= 0.3 is 0 Å². The van der Waals surface area contributed by atoms with Crippen molar-refractivity contribution in [2.24, 2.45) is 7.05 Å². The Kier molecular flexibility index (Phi) is 3.29. The maximum atomic E-state index is 13.2. The van der Waals surface area contributed by atoms with Crippen LogP contribution in [0.3, 0.4) is 0 Å². The number of carbonyl (C=O) groups is 1. The molecule has 0 unspecified atom stereocenters. The van der Waals surface area contributed by atoms with Gasteiger partial charge in [0.15, 0.2) is 0 Å². The van der Waals surface area contributed by atoms with E-state index in [1.807, 2.05) is 0 Å². The first-order valence-electron chi connectivity index (χ1n) is 6.65. The molecule has 5 nitrogen and oxygen atoms in total. The Hall–Kier alpha value is -2.50. The maximum absolute atomic E-state index is 13.2. The number of fused-ring (bicyclic) bond motifs is 1. The van der Waals surface area contributed by atoms with E-state index in [2.05, 4.69) is 5.10 Å². The number of carbonyl (C=O) groups excluding carboxylic acids is 1. The number of aryl methyl sites for hydroxylation is 1. The molecule has 0 spiro atoms.